The molecule has 0 amide bonds. The van der Waals surface area contributed by atoms with E-state index >= 15 is 0 Å². The van der Waals surface area contributed by atoms with E-state index in [2.05, 4.69) is 22.7 Å². The lowest BCUT2D eigenvalue weighted by Gasteiger charge is -2.03. The van der Waals surface area contributed by atoms with Gasteiger partial charge in [-0.15, -0.1) is 0 Å². The zero-order valence-electron chi connectivity index (χ0n) is 6.68. The summed E-state index contributed by atoms with van der Waals surface area (Å²) in [6, 6.07) is 3.96. The first-order chi connectivity index (χ1) is 5.77. The lowest BCUT2D eigenvalue weighted by Crippen LogP contribution is -1.91. The Bertz CT molecular complexity index is 394. The average molecular weight is 179 g/mol. The zero-order valence-corrected chi connectivity index (χ0v) is 7.57. The topological polar surface area (TPSA) is 30.2 Å². The Morgan fingerprint density at radius 2 is 2.33 bits per heavy atom. The third-order valence-electron chi connectivity index (χ3n) is 1.78. The van der Waals surface area contributed by atoms with E-state index in [-0.39, 0.29) is 5.25 Å². The highest BCUT2D eigenvalue weighted by atomic mass is 32.1. The normalized spacial score (nSPS) is 13.5. The molecule has 0 radical (unpaired) electrons. The Morgan fingerprint density at radius 1 is 1.50 bits per heavy atom. The number of rotatable bonds is 1. The van der Waals surface area contributed by atoms with Crippen molar-refractivity contribution in [1.29, 1.82) is 0 Å². The molecule has 0 fully saturated rings. The van der Waals surface area contributed by atoms with Gasteiger partial charge in [-0.1, -0.05) is 6.07 Å². The average Bonchev–Trinajstić information content (AvgIpc) is 2.49. The maximum Gasteiger partial charge on any atom is 0.155 e. The molecule has 0 saturated heterocycles. The summed E-state index contributed by atoms with van der Waals surface area (Å²) in [4.78, 5) is 4.05. The van der Waals surface area contributed by atoms with Crippen LogP contribution < -0.4 is 0 Å². The molecule has 0 N–H and O–H groups in total. The third kappa shape index (κ3) is 1.18. The van der Waals surface area contributed by atoms with Crippen LogP contribution in [0, 0.1) is 0 Å². The van der Waals surface area contributed by atoms with Crippen LogP contribution in [0.2, 0.25) is 0 Å². The van der Waals surface area contributed by atoms with Gasteiger partial charge in [0.2, 0.25) is 0 Å². The number of pyridine rings is 1. The molecule has 2 rings (SSSR count). The van der Waals surface area contributed by atoms with Crippen LogP contribution >= 0.6 is 12.6 Å². The lowest BCUT2D eigenvalue weighted by molar-refractivity contribution is 0.932. The molecule has 0 aliphatic heterocycles. The second-order valence-electron chi connectivity index (χ2n) is 2.70. The van der Waals surface area contributed by atoms with Crippen molar-refractivity contribution in [2.75, 3.05) is 0 Å². The van der Waals surface area contributed by atoms with Gasteiger partial charge in [0, 0.05) is 11.4 Å². The molecule has 2 heterocycles. The molecular weight excluding hydrogens is 170 g/mol. The van der Waals surface area contributed by atoms with Crippen LogP contribution in [0.3, 0.4) is 0 Å². The first kappa shape index (κ1) is 7.61. The summed E-state index contributed by atoms with van der Waals surface area (Å²) in [5, 5.41) is 4.27. The van der Waals surface area contributed by atoms with Gasteiger partial charge in [0.1, 0.15) is 6.33 Å². The Morgan fingerprint density at radius 3 is 3.08 bits per heavy atom. The van der Waals surface area contributed by atoms with Gasteiger partial charge in [0.25, 0.3) is 0 Å². The van der Waals surface area contributed by atoms with Crippen LogP contribution in [0.25, 0.3) is 5.65 Å². The van der Waals surface area contributed by atoms with Crippen molar-refractivity contribution in [3.8, 4) is 0 Å². The molecule has 2 aromatic rings. The number of aromatic nitrogens is 3. The van der Waals surface area contributed by atoms with Crippen molar-refractivity contribution in [3.63, 3.8) is 0 Å². The Hall–Kier alpha value is -1.03. The number of thiol groups is 1. The van der Waals surface area contributed by atoms with Gasteiger partial charge in [-0.05, 0) is 18.6 Å². The van der Waals surface area contributed by atoms with Crippen molar-refractivity contribution in [2.24, 2.45) is 0 Å². The van der Waals surface area contributed by atoms with Gasteiger partial charge in [-0.3, -0.25) is 0 Å². The highest BCUT2D eigenvalue weighted by Crippen LogP contribution is 2.18. The smallest absolute Gasteiger partial charge is 0.155 e. The third-order valence-corrected chi connectivity index (χ3v) is 2.08. The lowest BCUT2D eigenvalue weighted by atomic mass is 10.2. The summed E-state index contributed by atoms with van der Waals surface area (Å²) >= 11 is 4.33. The van der Waals surface area contributed by atoms with Crippen LogP contribution in [0.4, 0.5) is 0 Å². The Balaban J connectivity index is 2.60. The summed E-state index contributed by atoms with van der Waals surface area (Å²) in [5.74, 6) is 0. The van der Waals surface area contributed by atoms with Gasteiger partial charge in [-0.2, -0.15) is 17.7 Å². The van der Waals surface area contributed by atoms with Crippen LogP contribution in [0.15, 0.2) is 24.7 Å². The molecule has 1 unspecified atom stereocenters. The van der Waals surface area contributed by atoms with Gasteiger partial charge in [-0.25, -0.2) is 9.50 Å². The minimum atomic E-state index is 0.235. The van der Waals surface area contributed by atoms with E-state index in [9.17, 15) is 0 Å². The van der Waals surface area contributed by atoms with E-state index in [0.717, 1.165) is 11.2 Å². The molecule has 3 nitrogen and oxygen atoms in total. The highest BCUT2D eigenvalue weighted by Gasteiger charge is 2.01. The second kappa shape index (κ2) is 2.79. The quantitative estimate of drug-likeness (QED) is 0.676. The molecule has 0 aliphatic carbocycles. The van der Waals surface area contributed by atoms with Crippen LogP contribution in [-0.4, -0.2) is 14.6 Å². The van der Waals surface area contributed by atoms with E-state index in [0.29, 0.717) is 0 Å². The molecule has 0 saturated carbocycles. The zero-order chi connectivity index (χ0) is 8.55. The van der Waals surface area contributed by atoms with Crippen LogP contribution in [0.5, 0.6) is 0 Å². The predicted molar refractivity (Wildman–Crippen MR) is 50.4 cm³/mol. The number of hydrogen-bond acceptors (Lipinski definition) is 3. The number of nitrogens with zero attached hydrogens (tertiary/aromatic N) is 3. The van der Waals surface area contributed by atoms with Crippen molar-refractivity contribution in [3.05, 3.63) is 30.2 Å². The van der Waals surface area contributed by atoms with Gasteiger partial charge < -0.3 is 0 Å². The standard InChI is InChI=1S/C8H9N3S/c1-6(12)7-2-3-8-9-5-10-11(8)4-7/h2-6,12H,1H3. The van der Waals surface area contributed by atoms with Gasteiger partial charge in [0.05, 0.1) is 0 Å². The van der Waals surface area contributed by atoms with Crippen molar-refractivity contribution >= 4 is 18.3 Å². The predicted octanol–water partition coefficient (Wildman–Crippen LogP) is 1.72. The SMILES string of the molecule is CC(S)c1ccc2ncnn2c1. The maximum absolute atomic E-state index is 4.33. The molecule has 0 aliphatic rings. The monoisotopic (exact) mass is 179 g/mol. The van der Waals surface area contributed by atoms with Crippen LogP contribution in [-0.2, 0) is 0 Å². The molecule has 0 bridgehead atoms. The van der Waals surface area contributed by atoms with E-state index < -0.39 is 0 Å². The van der Waals surface area contributed by atoms with Crippen molar-refractivity contribution in [1.82, 2.24) is 14.6 Å². The minimum Gasteiger partial charge on any atom is -0.221 e. The highest BCUT2D eigenvalue weighted by molar-refractivity contribution is 7.80. The fourth-order valence-electron chi connectivity index (χ4n) is 1.08. The Kier molecular flexibility index (Phi) is 1.77. The van der Waals surface area contributed by atoms with Gasteiger partial charge >= 0.3 is 0 Å². The second-order valence-corrected chi connectivity index (χ2v) is 3.48. The molecule has 0 aromatic carbocycles. The van der Waals surface area contributed by atoms with Crippen LogP contribution in [0.1, 0.15) is 17.7 Å². The van der Waals surface area contributed by atoms with Crippen molar-refractivity contribution < 1.29 is 0 Å². The molecule has 12 heavy (non-hydrogen) atoms. The minimum absolute atomic E-state index is 0.235. The fourth-order valence-corrected chi connectivity index (χ4v) is 1.23. The largest absolute Gasteiger partial charge is 0.221 e. The van der Waals surface area contributed by atoms with Crippen molar-refractivity contribution in [2.45, 2.75) is 12.2 Å². The maximum atomic E-state index is 4.33. The fraction of sp³-hybridized carbons (Fsp3) is 0.250. The number of fused-ring (bicyclic) bond motifs is 1. The summed E-state index contributed by atoms with van der Waals surface area (Å²) < 4.78 is 1.75. The summed E-state index contributed by atoms with van der Waals surface area (Å²) in [6.07, 6.45) is 3.49. The summed E-state index contributed by atoms with van der Waals surface area (Å²) in [5.41, 5.74) is 2.02. The summed E-state index contributed by atoms with van der Waals surface area (Å²) in [7, 11) is 0. The van der Waals surface area contributed by atoms with E-state index in [1.165, 1.54) is 0 Å². The summed E-state index contributed by atoms with van der Waals surface area (Å²) in [6.45, 7) is 2.03. The first-order valence-corrected chi connectivity index (χ1v) is 4.26. The Labute approximate surface area is 75.8 Å². The number of hydrogen-bond donors (Lipinski definition) is 1. The van der Waals surface area contributed by atoms with E-state index in [4.69, 9.17) is 0 Å². The molecule has 2 aromatic heterocycles. The van der Waals surface area contributed by atoms with Gasteiger partial charge in [0.15, 0.2) is 5.65 Å². The molecule has 62 valence electrons. The molecule has 4 heteroatoms. The first-order valence-electron chi connectivity index (χ1n) is 3.75. The van der Waals surface area contributed by atoms with E-state index in [1.54, 1.807) is 10.8 Å². The molecular formula is C8H9N3S. The molecule has 1 atom stereocenters. The molecule has 0 spiro atoms. The van der Waals surface area contributed by atoms with E-state index in [1.807, 2.05) is 25.3 Å².